The van der Waals surface area contributed by atoms with Gasteiger partial charge in [-0.05, 0) is 30.2 Å². The van der Waals surface area contributed by atoms with Crippen molar-refractivity contribution in [3.8, 4) is 0 Å². The van der Waals surface area contributed by atoms with E-state index in [1.54, 1.807) is 6.26 Å². The highest BCUT2D eigenvalue weighted by Crippen LogP contribution is 2.34. The topological polar surface area (TPSA) is 45.5 Å². The normalized spacial score (nSPS) is 15.0. The van der Waals surface area contributed by atoms with Crippen molar-refractivity contribution in [1.29, 1.82) is 0 Å². The molecule has 1 atom stereocenters. The van der Waals surface area contributed by atoms with Crippen molar-refractivity contribution < 1.29 is 9.21 Å². The standard InChI is InChI=1S/C18H22N2O2/c1-13(2)18(21)19-12-16(17-8-5-11-22-17)20-10-9-14-6-3-4-7-15(14)20/h3-8,11,13,16H,9-10,12H2,1-2H3,(H,19,21). The van der Waals surface area contributed by atoms with Gasteiger partial charge in [-0.25, -0.2) is 0 Å². The van der Waals surface area contributed by atoms with Gasteiger partial charge in [-0.15, -0.1) is 0 Å². The Morgan fingerprint density at radius 1 is 1.27 bits per heavy atom. The summed E-state index contributed by atoms with van der Waals surface area (Å²) in [6, 6.07) is 12.3. The lowest BCUT2D eigenvalue weighted by atomic mass is 10.1. The third-order valence-electron chi connectivity index (χ3n) is 4.16. The van der Waals surface area contributed by atoms with Gasteiger partial charge in [0.25, 0.3) is 0 Å². The van der Waals surface area contributed by atoms with Crippen molar-refractivity contribution in [2.75, 3.05) is 18.0 Å². The molecule has 1 aromatic heterocycles. The van der Waals surface area contributed by atoms with E-state index in [4.69, 9.17) is 4.42 Å². The smallest absolute Gasteiger partial charge is 0.222 e. The molecule has 2 aromatic rings. The number of benzene rings is 1. The molecule has 1 unspecified atom stereocenters. The van der Waals surface area contributed by atoms with Crippen LogP contribution in [0.2, 0.25) is 0 Å². The molecule has 0 fully saturated rings. The largest absolute Gasteiger partial charge is 0.467 e. The van der Waals surface area contributed by atoms with Crippen LogP contribution in [-0.2, 0) is 11.2 Å². The molecule has 1 aliphatic rings. The highest BCUT2D eigenvalue weighted by atomic mass is 16.3. The molecule has 116 valence electrons. The molecule has 3 rings (SSSR count). The zero-order valence-electron chi connectivity index (χ0n) is 13.1. The van der Waals surface area contributed by atoms with Crippen LogP contribution in [0.3, 0.4) is 0 Å². The molecule has 22 heavy (non-hydrogen) atoms. The number of carbonyl (C=O) groups is 1. The number of nitrogens with one attached hydrogen (secondary N) is 1. The number of hydrogen-bond acceptors (Lipinski definition) is 3. The van der Waals surface area contributed by atoms with Gasteiger partial charge in [0.1, 0.15) is 11.8 Å². The van der Waals surface area contributed by atoms with E-state index in [0.717, 1.165) is 18.7 Å². The fraction of sp³-hybridized carbons (Fsp3) is 0.389. The Labute approximate surface area is 131 Å². The fourth-order valence-corrected chi connectivity index (χ4v) is 2.93. The van der Waals surface area contributed by atoms with Gasteiger partial charge < -0.3 is 14.6 Å². The van der Waals surface area contributed by atoms with Gasteiger partial charge in [0.2, 0.25) is 5.91 Å². The summed E-state index contributed by atoms with van der Waals surface area (Å²) in [6.45, 7) is 5.31. The summed E-state index contributed by atoms with van der Waals surface area (Å²) in [4.78, 5) is 14.2. The van der Waals surface area contributed by atoms with E-state index < -0.39 is 0 Å². The molecule has 1 amide bonds. The quantitative estimate of drug-likeness (QED) is 0.922. The van der Waals surface area contributed by atoms with Crippen molar-refractivity contribution in [3.05, 3.63) is 54.0 Å². The first kappa shape index (κ1) is 14.7. The Morgan fingerprint density at radius 2 is 2.09 bits per heavy atom. The van der Waals surface area contributed by atoms with Crippen molar-refractivity contribution >= 4 is 11.6 Å². The van der Waals surface area contributed by atoms with Crippen LogP contribution in [0.4, 0.5) is 5.69 Å². The molecular formula is C18H22N2O2. The summed E-state index contributed by atoms with van der Waals surface area (Å²) < 4.78 is 5.62. The van der Waals surface area contributed by atoms with E-state index in [-0.39, 0.29) is 17.9 Å². The Morgan fingerprint density at radius 3 is 2.82 bits per heavy atom. The first-order valence-corrected chi connectivity index (χ1v) is 7.82. The molecule has 0 saturated heterocycles. The molecule has 0 saturated carbocycles. The Kier molecular flexibility index (Phi) is 4.18. The lowest BCUT2D eigenvalue weighted by Crippen LogP contribution is -2.38. The van der Waals surface area contributed by atoms with E-state index in [1.807, 2.05) is 26.0 Å². The van der Waals surface area contributed by atoms with Crippen LogP contribution in [0.25, 0.3) is 0 Å². The summed E-state index contributed by atoms with van der Waals surface area (Å²) in [7, 11) is 0. The van der Waals surface area contributed by atoms with E-state index in [0.29, 0.717) is 6.54 Å². The monoisotopic (exact) mass is 298 g/mol. The summed E-state index contributed by atoms with van der Waals surface area (Å²) in [5, 5.41) is 3.04. The minimum absolute atomic E-state index is 0.0110. The second-order valence-corrected chi connectivity index (χ2v) is 6.00. The first-order chi connectivity index (χ1) is 10.7. The summed E-state index contributed by atoms with van der Waals surface area (Å²) in [5.74, 6) is 0.952. The molecule has 0 aliphatic carbocycles. The van der Waals surface area contributed by atoms with E-state index in [1.165, 1.54) is 11.3 Å². The number of rotatable bonds is 5. The number of carbonyl (C=O) groups excluding carboxylic acids is 1. The van der Waals surface area contributed by atoms with Gasteiger partial charge >= 0.3 is 0 Å². The molecule has 4 nitrogen and oxygen atoms in total. The molecule has 2 heterocycles. The average molecular weight is 298 g/mol. The molecule has 4 heteroatoms. The SMILES string of the molecule is CC(C)C(=O)NCC(c1ccco1)N1CCc2ccccc21. The van der Waals surface area contributed by atoms with E-state index >= 15 is 0 Å². The number of anilines is 1. The van der Waals surface area contributed by atoms with Gasteiger partial charge in [-0.3, -0.25) is 4.79 Å². The third kappa shape index (κ3) is 2.86. The van der Waals surface area contributed by atoms with Gasteiger partial charge in [-0.1, -0.05) is 32.0 Å². The lowest BCUT2D eigenvalue weighted by molar-refractivity contribution is -0.124. The molecule has 1 N–H and O–H groups in total. The Hall–Kier alpha value is -2.23. The maximum Gasteiger partial charge on any atom is 0.222 e. The summed E-state index contributed by atoms with van der Waals surface area (Å²) in [6.07, 6.45) is 2.72. The molecule has 1 aromatic carbocycles. The Bertz CT molecular complexity index is 634. The maximum atomic E-state index is 11.9. The second kappa shape index (κ2) is 6.26. The average Bonchev–Trinajstić information content (AvgIpc) is 3.17. The summed E-state index contributed by atoms with van der Waals surface area (Å²) >= 11 is 0. The van der Waals surface area contributed by atoms with Crippen molar-refractivity contribution in [3.63, 3.8) is 0 Å². The zero-order chi connectivity index (χ0) is 15.5. The van der Waals surface area contributed by atoms with Crippen LogP contribution < -0.4 is 10.2 Å². The Balaban J connectivity index is 1.83. The molecular weight excluding hydrogens is 276 g/mol. The number of furan rings is 1. The van der Waals surface area contributed by atoms with Gasteiger partial charge in [-0.2, -0.15) is 0 Å². The predicted molar refractivity (Wildman–Crippen MR) is 86.8 cm³/mol. The first-order valence-electron chi connectivity index (χ1n) is 7.82. The van der Waals surface area contributed by atoms with Crippen LogP contribution >= 0.6 is 0 Å². The number of fused-ring (bicyclic) bond motifs is 1. The van der Waals surface area contributed by atoms with Crippen LogP contribution in [0.15, 0.2) is 47.1 Å². The molecule has 0 radical (unpaired) electrons. The lowest BCUT2D eigenvalue weighted by Gasteiger charge is -2.29. The highest BCUT2D eigenvalue weighted by molar-refractivity contribution is 5.78. The van der Waals surface area contributed by atoms with Crippen molar-refractivity contribution in [2.45, 2.75) is 26.3 Å². The number of para-hydroxylation sites is 1. The van der Waals surface area contributed by atoms with Crippen molar-refractivity contribution in [1.82, 2.24) is 5.32 Å². The van der Waals surface area contributed by atoms with Gasteiger partial charge in [0.05, 0.1) is 6.26 Å². The summed E-state index contributed by atoms with van der Waals surface area (Å²) in [5.41, 5.74) is 2.59. The van der Waals surface area contributed by atoms with Gasteiger partial charge in [0, 0.05) is 24.7 Å². The minimum atomic E-state index is -0.0110. The number of hydrogen-bond donors (Lipinski definition) is 1. The van der Waals surface area contributed by atoms with Crippen molar-refractivity contribution in [2.24, 2.45) is 5.92 Å². The zero-order valence-corrected chi connectivity index (χ0v) is 13.1. The minimum Gasteiger partial charge on any atom is -0.467 e. The van der Waals surface area contributed by atoms with Crippen LogP contribution in [0, 0.1) is 5.92 Å². The fourth-order valence-electron chi connectivity index (χ4n) is 2.93. The maximum absolute atomic E-state index is 11.9. The molecule has 0 bridgehead atoms. The van der Waals surface area contributed by atoms with Gasteiger partial charge in [0.15, 0.2) is 0 Å². The molecule has 0 spiro atoms. The van der Waals surface area contributed by atoms with E-state index in [2.05, 4.69) is 34.5 Å². The van der Waals surface area contributed by atoms with E-state index in [9.17, 15) is 4.79 Å². The third-order valence-corrected chi connectivity index (χ3v) is 4.16. The molecule has 1 aliphatic heterocycles. The number of nitrogens with zero attached hydrogens (tertiary/aromatic N) is 1. The second-order valence-electron chi connectivity index (χ2n) is 6.00. The predicted octanol–water partition coefficient (Wildman–Crippen LogP) is 3.16. The van der Waals surface area contributed by atoms with Crippen LogP contribution in [0.1, 0.15) is 31.2 Å². The van der Waals surface area contributed by atoms with Crippen LogP contribution in [0.5, 0.6) is 0 Å². The highest BCUT2D eigenvalue weighted by Gasteiger charge is 2.29. The van der Waals surface area contributed by atoms with Crippen LogP contribution in [-0.4, -0.2) is 19.0 Å². The number of amides is 1.